The lowest BCUT2D eigenvalue weighted by Crippen LogP contribution is -2.47. The summed E-state index contributed by atoms with van der Waals surface area (Å²) in [5.41, 5.74) is 7.41. The second-order valence-electron chi connectivity index (χ2n) is 8.85. The van der Waals surface area contributed by atoms with E-state index in [1.807, 2.05) is 36.4 Å². The molecule has 1 fully saturated rings. The van der Waals surface area contributed by atoms with Crippen LogP contribution in [0, 0.1) is 12.8 Å². The van der Waals surface area contributed by atoms with Gasteiger partial charge in [0.25, 0.3) is 5.82 Å². The number of aromatic nitrogens is 2. The van der Waals surface area contributed by atoms with Crippen molar-refractivity contribution >= 4 is 5.91 Å². The maximum Gasteiger partial charge on any atom is 0.253 e. The fraction of sp³-hybridized carbons (Fsp3) is 0.357. The van der Waals surface area contributed by atoms with E-state index in [0.29, 0.717) is 6.04 Å². The molecule has 2 atom stereocenters. The summed E-state index contributed by atoms with van der Waals surface area (Å²) in [7, 11) is 0. The van der Waals surface area contributed by atoms with Crippen LogP contribution in [0.2, 0.25) is 0 Å². The summed E-state index contributed by atoms with van der Waals surface area (Å²) in [4.78, 5) is 13.3. The van der Waals surface area contributed by atoms with Crippen LogP contribution in [0.1, 0.15) is 55.6 Å². The molecule has 0 aliphatic heterocycles. The van der Waals surface area contributed by atoms with Crippen LogP contribution in [-0.4, -0.2) is 10.5 Å². The predicted octanol–water partition coefficient (Wildman–Crippen LogP) is 4.86. The van der Waals surface area contributed by atoms with Crippen LogP contribution in [-0.2, 0) is 16.8 Å². The lowest BCUT2D eigenvalue weighted by atomic mass is 9.64. The van der Waals surface area contributed by atoms with Gasteiger partial charge in [-0.05, 0) is 48.8 Å². The Kier molecular flexibility index (Phi) is 6.59. The third-order valence-electron chi connectivity index (χ3n) is 7.16. The highest BCUT2D eigenvalue weighted by Gasteiger charge is 2.51. The first-order valence-corrected chi connectivity index (χ1v) is 11.7. The summed E-state index contributed by atoms with van der Waals surface area (Å²) in [6.07, 6.45) is 12.8. The third kappa shape index (κ3) is 3.90. The molecular formula is C28H34N3O+. The van der Waals surface area contributed by atoms with Crippen LogP contribution in [0.15, 0.2) is 85.2 Å². The van der Waals surface area contributed by atoms with Crippen molar-refractivity contribution in [2.75, 3.05) is 0 Å². The van der Waals surface area contributed by atoms with Crippen LogP contribution >= 0.6 is 0 Å². The Labute approximate surface area is 191 Å². The standard InChI is InChI=1S/C28H33N3O/c1-3-4-11-18-30-19-20-31(22(30)2)26-17-16-25(21-26)28(27(29)32,23-12-7-5-8-13-23)24-14-9-6-10-15-24/h4-15,19-20,25-26H,3,16-18,21H2,1-2H3,(H-,29,32)/p+1/t25-,26+/m1/s1. The molecule has 4 nitrogen and oxygen atoms in total. The van der Waals surface area contributed by atoms with E-state index < -0.39 is 5.41 Å². The molecular weight excluding hydrogens is 394 g/mol. The minimum atomic E-state index is -0.821. The molecule has 0 spiro atoms. The molecule has 3 aromatic rings. The Morgan fingerprint density at radius 3 is 2.25 bits per heavy atom. The summed E-state index contributed by atoms with van der Waals surface area (Å²) in [5, 5.41) is 0. The van der Waals surface area contributed by atoms with Crippen LogP contribution < -0.4 is 10.3 Å². The number of hydrogen-bond donors (Lipinski definition) is 1. The van der Waals surface area contributed by atoms with Crippen LogP contribution in [0.5, 0.6) is 0 Å². The molecule has 0 unspecified atom stereocenters. The van der Waals surface area contributed by atoms with E-state index in [4.69, 9.17) is 5.73 Å². The van der Waals surface area contributed by atoms with Crippen molar-refractivity contribution in [3.63, 3.8) is 0 Å². The molecule has 1 aliphatic carbocycles. The summed E-state index contributed by atoms with van der Waals surface area (Å²) in [6.45, 7) is 5.23. The van der Waals surface area contributed by atoms with Crippen LogP contribution in [0.25, 0.3) is 0 Å². The number of nitrogens with two attached hydrogens (primary N) is 1. The summed E-state index contributed by atoms with van der Waals surface area (Å²) in [5.74, 6) is 1.13. The number of carbonyl (C=O) groups excluding carboxylic acids is 1. The van der Waals surface area contributed by atoms with E-state index in [1.165, 1.54) is 5.82 Å². The van der Waals surface area contributed by atoms with Gasteiger partial charge in [0.15, 0.2) is 0 Å². The van der Waals surface area contributed by atoms with Crippen LogP contribution in [0.4, 0.5) is 0 Å². The van der Waals surface area contributed by atoms with Gasteiger partial charge in [-0.15, -0.1) is 0 Å². The molecule has 0 bridgehead atoms. The van der Waals surface area contributed by atoms with Crippen molar-refractivity contribution in [2.45, 2.75) is 57.5 Å². The first-order chi connectivity index (χ1) is 15.6. The number of allylic oxidation sites excluding steroid dienone is 2. The first-order valence-electron chi connectivity index (χ1n) is 11.7. The predicted molar refractivity (Wildman–Crippen MR) is 128 cm³/mol. The minimum absolute atomic E-state index is 0.144. The van der Waals surface area contributed by atoms with Crippen molar-refractivity contribution in [3.8, 4) is 0 Å². The molecule has 0 saturated heterocycles. The average molecular weight is 429 g/mol. The number of carbonyl (C=O) groups is 1. The number of amides is 1. The molecule has 2 N–H and O–H groups in total. The Bertz CT molecular complexity index is 1030. The van der Waals surface area contributed by atoms with E-state index >= 15 is 0 Å². The van der Waals surface area contributed by atoms with E-state index in [-0.39, 0.29) is 11.8 Å². The number of nitrogens with zero attached hydrogens (tertiary/aromatic N) is 2. The zero-order valence-electron chi connectivity index (χ0n) is 19.2. The molecule has 4 rings (SSSR count). The molecule has 1 amide bonds. The highest BCUT2D eigenvalue weighted by Crippen LogP contribution is 2.49. The van der Waals surface area contributed by atoms with Crippen molar-refractivity contribution in [1.29, 1.82) is 0 Å². The highest BCUT2D eigenvalue weighted by atomic mass is 16.1. The van der Waals surface area contributed by atoms with Gasteiger partial charge in [0.1, 0.15) is 30.4 Å². The quantitative estimate of drug-likeness (QED) is 0.404. The fourth-order valence-corrected chi connectivity index (χ4v) is 5.58. The van der Waals surface area contributed by atoms with Crippen molar-refractivity contribution < 1.29 is 9.36 Å². The molecule has 4 heteroatoms. The molecule has 32 heavy (non-hydrogen) atoms. The fourth-order valence-electron chi connectivity index (χ4n) is 5.58. The van der Waals surface area contributed by atoms with Gasteiger partial charge in [-0.1, -0.05) is 73.7 Å². The van der Waals surface area contributed by atoms with Crippen molar-refractivity contribution in [1.82, 2.24) is 4.57 Å². The second kappa shape index (κ2) is 9.56. The number of hydrogen-bond acceptors (Lipinski definition) is 1. The Balaban J connectivity index is 1.70. The average Bonchev–Trinajstić information content (AvgIpc) is 3.43. The zero-order chi connectivity index (χ0) is 22.6. The topological polar surface area (TPSA) is 51.9 Å². The minimum Gasteiger partial charge on any atom is -0.369 e. The van der Waals surface area contributed by atoms with E-state index in [9.17, 15) is 4.79 Å². The molecule has 1 aliphatic rings. The number of benzene rings is 2. The molecule has 166 valence electrons. The summed E-state index contributed by atoms with van der Waals surface area (Å²) >= 11 is 0. The van der Waals surface area contributed by atoms with Gasteiger partial charge in [0.2, 0.25) is 5.91 Å². The number of rotatable bonds is 8. The third-order valence-corrected chi connectivity index (χ3v) is 7.16. The normalized spacial score (nSPS) is 18.9. The molecule has 1 saturated carbocycles. The van der Waals surface area contributed by atoms with E-state index in [2.05, 4.69) is 71.8 Å². The zero-order valence-corrected chi connectivity index (χ0v) is 19.2. The molecule has 0 radical (unpaired) electrons. The van der Waals surface area contributed by atoms with Gasteiger partial charge < -0.3 is 5.73 Å². The Morgan fingerprint density at radius 1 is 1.06 bits per heavy atom. The van der Waals surface area contributed by atoms with Gasteiger partial charge in [-0.25, -0.2) is 9.13 Å². The molecule has 1 aromatic heterocycles. The monoisotopic (exact) mass is 428 g/mol. The first kappa shape index (κ1) is 22.1. The van der Waals surface area contributed by atoms with Gasteiger partial charge in [0, 0.05) is 6.92 Å². The van der Waals surface area contributed by atoms with Gasteiger partial charge >= 0.3 is 0 Å². The molecule has 2 aromatic carbocycles. The highest BCUT2D eigenvalue weighted by molar-refractivity contribution is 5.91. The summed E-state index contributed by atoms with van der Waals surface area (Å²) in [6, 6.07) is 20.6. The largest absolute Gasteiger partial charge is 0.369 e. The smallest absolute Gasteiger partial charge is 0.253 e. The maximum absolute atomic E-state index is 13.3. The Hall–Kier alpha value is -3.14. The van der Waals surface area contributed by atoms with Crippen molar-refractivity contribution in [2.24, 2.45) is 11.7 Å². The van der Waals surface area contributed by atoms with Crippen molar-refractivity contribution in [3.05, 3.63) is 102 Å². The molecule has 1 heterocycles. The van der Waals surface area contributed by atoms with Gasteiger partial charge in [-0.3, -0.25) is 4.79 Å². The Morgan fingerprint density at radius 2 is 1.69 bits per heavy atom. The summed E-state index contributed by atoms with van der Waals surface area (Å²) < 4.78 is 4.68. The van der Waals surface area contributed by atoms with Gasteiger partial charge in [-0.2, -0.15) is 0 Å². The lowest BCUT2D eigenvalue weighted by molar-refractivity contribution is -0.692. The van der Waals surface area contributed by atoms with E-state index in [0.717, 1.165) is 43.4 Å². The second-order valence-corrected chi connectivity index (χ2v) is 8.85. The maximum atomic E-state index is 13.3. The SMILES string of the molecule is CCC=CC[n+]1ccn([C@H]2CC[C@@H](C(C(N)=O)(c3ccccc3)c3ccccc3)C2)c1C. The van der Waals surface area contributed by atoms with Crippen LogP contribution in [0.3, 0.4) is 0 Å². The lowest BCUT2D eigenvalue weighted by Gasteiger charge is -2.37. The number of primary amides is 1. The van der Waals surface area contributed by atoms with E-state index in [1.54, 1.807) is 0 Å². The number of imidazole rings is 1. The van der Waals surface area contributed by atoms with Gasteiger partial charge in [0.05, 0.1) is 0 Å².